The summed E-state index contributed by atoms with van der Waals surface area (Å²) >= 11 is 1.92. The van der Waals surface area contributed by atoms with Crippen LogP contribution in [0.25, 0.3) is 5.57 Å². The monoisotopic (exact) mass is 828 g/mol. The predicted molar refractivity (Wildman–Crippen MR) is 229 cm³/mol. The second-order valence-electron chi connectivity index (χ2n) is 18.4. The Morgan fingerprint density at radius 3 is 2.12 bits per heavy atom. The molecule has 3 aromatic rings. The molecule has 5 aliphatic carbocycles. The van der Waals surface area contributed by atoms with E-state index in [0.29, 0.717) is 5.92 Å². The fourth-order valence-corrected chi connectivity index (χ4v) is 34.0. The van der Waals surface area contributed by atoms with Crippen LogP contribution in [0.4, 0.5) is 0 Å². The SMILES string of the molecule is Cl.Cl.[CH2]=[Zr]([C]1=CC=CC1)([c]1ccc(C)cc1)([c]1cccc(Cl)c1)[C]1(C)C2=C3Cc4ccccc4C3=C3C=CCCC3C2(C)C(C)(C)C(C)(C)C1(C)C. The first kappa shape index (κ1) is 39.7. The molecule has 0 N–H and O–H groups in total. The summed E-state index contributed by atoms with van der Waals surface area (Å²) in [6, 6.07) is 28.0. The van der Waals surface area contributed by atoms with Crippen molar-refractivity contribution in [1.29, 1.82) is 0 Å². The summed E-state index contributed by atoms with van der Waals surface area (Å²) in [5.41, 5.74) is 10.2. The van der Waals surface area contributed by atoms with Crippen LogP contribution in [-0.4, -0.2) is 4.21 Å². The van der Waals surface area contributed by atoms with Crippen LogP contribution in [0.5, 0.6) is 0 Å². The average molecular weight is 832 g/mol. The number of hydrogen-bond acceptors (Lipinski definition) is 0. The molecular weight excluding hydrogens is 774 g/mol. The van der Waals surface area contributed by atoms with Gasteiger partial charge in [-0.1, -0.05) is 0 Å². The minimum atomic E-state index is -5.22. The van der Waals surface area contributed by atoms with Crippen LogP contribution in [0.15, 0.2) is 123 Å². The fourth-order valence-electron chi connectivity index (χ4n) is 12.9. The third-order valence-electron chi connectivity index (χ3n) is 17.0. The zero-order chi connectivity index (χ0) is 35.7. The summed E-state index contributed by atoms with van der Waals surface area (Å²) < 4.78 is 10.1. The van der Waals surface area contributed by atoms with Crippen molar-refractivity contribution in [3.63, 3.8) is 0 Å². The van der Waals surface area contributed by atoms with E-state index in [4.69, 9.17) is 15.8 Å². The number of benzene rings is 3. The van der Waals surface area contributed by atoms with E-state index in [1.807, 2.05) is 0 Å². The van der Waals surface area contributed by atoms with Gasteiger partial charge in [0.25, 0.3) is 0 Å². The Labute approximate surface area is 332 Å². The van der Waals surface area contributed by atoms with Crippen molar-refractivity contribution in [1.82, 2.24) is 0 Å². The Morgan fingerprint density at radius 1 is 0.769 bits per heavy atom. The number of aryl methyl sites for hydroxylation is 1. The van der Waals surface area contributed by atoms with Crippen LogP contribution in [-0.2, 0) is 24.7 Å². The molecule has 0 aliphatic heterocycles. The molecule has 5 aliphatic rings. The van der Waals surface area contributed by atoms with Gasteiger partial charge in [-0.15, -0.1) is 24.8 Å². The molecule has 0 nitrogen and oxygen atoms in total. The van der Waals surface area contributed by atoms with Crippen LogP contribution in [0.2, 0.25) is 8.15 Å². The van der Waals surface area contributed by atoms with Gasteiger partial charge >= 0.3 is 310 Å². The van der Waals surface area contributed by atoms with E-state index in [0.717, 1.165) is 24.3 Å². The summed E-state index contributed by atoms with van der Waals surface area (Å²) in [7, 11) is 0. The maximum atomic E-state index is 7.14. The molecule has 1 fully saturated rings. The topological polar surface area (TPSA) is 0 Å². The van der Waals surface area contributed by atoms with Gasteiger partial charge in [0.2, 0.25) is 0 Å². The number of halogens is 3. The van der Waals surface area contributed by atoms with Crippen molar-refractivity contribution < 1.29 is 18.3 Å². The van der Waals surface area contributed by atoms with Crippen molar-refractivity contribution in [2.24, 2.45) is 27.6 Å². The molecule has 0 radical (unpaired) electrons. The summed E-state index contributed by atoms with van der Waals surface area (Å²) in [5, 5.41) is 0.805. The van der Waals surface area contributed by atoms with Crippen molar-refractivity contribution in [2.45, 2.75) is 91.1 Å². The van der Waals surface area contributed by atoms with Crippen LogP contribution in [0.1, 0.15) is 91.3 Å². The molecule has 52 heavy (non-hydrogen) atoms. The van der Waals surface area contributed by atoms with Gasteiger partial charge in [0, 0.05) is 0 Å². The number of hydrogen-bond donors (Lipinski definition) is 0. The van der Waals surface area contributed by atoms with Crippen LogP contribution in [0.3, 0.4) is 0 Å². The summed E-state index contributed by atoms with van der Waals surface area (Å²) in [4.78, 5) is 0. The molecule has 0 saturated heterocycles. The first-order chi connectivity index (χ1) is 23.5. The molecule has 274 valence electrons. The third kappa shape index (κ3) is 4.30. The molecule has 3 aromatic carbocycles. The Morgan fingerprint density at radius 2 is 1.46 bits per heavy atom. The first-order valence-electron chi connectivity index (χ1n) is 19.0. The zero-order valence-corrected chi connectivity index (χ0v) is 37.5. The van der Waals surface area contributed by atoms with Gasteiger partial charge in [0.05, 0.1) is 0 Å². The van der Waals surface area contributed by atoms with E-state index >= 15 is 0 Å². The molecule has 0 amide bonds. The van der Waals surface area contributed by atoms with E-state index in [1.54, 1.807) is 20.0 Å². The van der Waals surface area contributed by atoms with Crippen LogP contribution < -0.4 is 6.54 Å². The van der Waals surface area contributed by atoms with Gasteiger partial charge in [0.1, 0.15) is 0 Å². The molecule has 3 atom stereocenters. The standard InChI is InChI=1S/C29H37.C7H7.C6H4Cl.C5H5.CH2.2ClH.Zr/c1-18-25-22-17-19-13-9-10-14-20(19)24(22)21-15-11-12-16-23(21)29(25,8)28(6,7)27(4,5)26(18,2)3;1-7-5-3-2-4-6-7;7-6-4-2-1-3-5-6;1-2-4-5-3-1;;;;/h9-11,13-15,23H,12,16-17H2,1-8H3;3-6H,1H3;1-2,4-5H;1-3H,4H2;1H2;2*1H;. The third-order valence-corrected chi connectivity index (χ3v) is 37.0. The molecule has 4 heteroatoms. The molecule has 8 rings (SSSR count). The fraction of sp³-hybridized carbons (Fsp3) is 0.396. The minimum absolute atomic E-state index is 0. The molecule has 0 spiro atoms. The Bertz CT molecular complexity index is 2200. The Hall–Kier alpha value is -2.02. The Balaban J connectivity index is 0.00000232. The van der Waals surface area contributed by atoms with E-state index in [-0.39, 0.29) is 49.6 Å². The second kappa shape index (κ2) is 12.5. The van der Waals surface area contributed by atoms with Crippen LogP contribution in [0, 0.1) is 34.5 Å². The van der Waals surface area contributed by atoms with Gasteiger partial charge in [-0.25, -0.2) is 0 Å². The van der Waals surface area contributed by atoms with Crippen molar-refractivity contribution in [3.05, 3.63) is 145 Å². The van der Waals surface area contributed by atoms with Crippen molar-refractivity contribution in [3.8, 4) is 0 Å². The predicted octanol–water partition coefficient (Wildman–Crippen LogP) is 13.0. The van der Waals surface area contributed by atoms with Crippen molar-refractivity contribution in [2.75, 3.05) is 0 Å². The van der Waals surface area contributed by atoms with Gasteiger partial charge in [0.15, 0.2) is 0 Å². The molecular formula is C48H57Cl3Zr. The van der Waals surface area contributed by atoms with E-state index in [2.05, 4.69) is 165 Å². The summed E-state index contributed by atoms with van der Waals surface area (Å²) in [6.07, 6.45) is 16.4. The van der Waals surface area contributed by atoms with Crippen molar-refractivity contribution >= 4 is 52.7 Å². The maximum absolute atomic E-state index is 7.14. The van der Waals surface area contributed by atoms with E-state index in [1.165, 1.54) is 35.2 Å². The van der Waals surface area contributed by atoms with E-state index < -0.39 is 18.3 Å². The molecule has 0 bridgehead atoms. The first-order valence-corrected chi connectivity index (χ1v) is 26.0. The second-order valence-corrected chi connectivity index (χ2v) is 32.9. The van der Waals surface area contributed by atoms with Gasteiger partial charge in [-0.3, -0.25) is 0 Å². The molecule has 3 unspecified atom stereocenters. The zero-order valence-electron chi connectivity index (χ0n) is 32.6. The number of allylic oxidation sites excluding steroid dienone is 10. The quantitative estimate of drug-likeness (QED) is 0.246. The Kier molecular flexibility index (Phi) is 9.54. The normalized spacial score (nSPS) is 27.8. The molecule has 1 saturated carbocycles. The average Bonchev–Trinajstić information content (AvgIpc) is 3.77. The summed E-state index contributed by atoms with van der Waals surface area (Å²) in [6.45, 7) is 23.5. The van der Waals surface area contributed by atoms with Gasteiger partial charge in [-0.05, 0) is 0 Å². The van der Waals surface area contributed by atoms with Gasteiger partial charge in [-0.2, -0.15) is 0 Å². The van der Waals surface area contributed by atoms with Crippen LogP contribution >= 0.6 is 36.4 Å². The number of rotatable bonds is 4. The molecule has 0 aromatic heterocycles. The summed E-state index contributed by atoms with van der Waals surface area (Å²) in [5.74, 6) is 0.415. The van der Waals surface area contributed by atoms with Gasteiger partial charge < -0.3 is 0 Å². The molecule has 0 heterocycles. The van der Waals surface area contributed by atoms with E-state index in [9.17, 15) is 0 Å². The number of fused-ring (bicyclic) bond motifs is 6.